The number of hydrogen-bond acceptors (Lipinski definition) is 3. The quantitative estimate of drug-likeness (QED) is 0.820. The van der Waals surface area contributed by atoms with E-state index in [2.05, 4.69) is 26.2 Å². The van der Waals surface area contributed by atoms with E-state index in [9.17, 15) is 13.2 Å². The predicted octanol–water partition coefficient (Wildman–Crippen LogP) is 4.87. The fraction of sp³-hybridized carbons (Fsp3) is 0.357. The molecule has 2 nitrogen and oxygen atoms in total. The lowest BCUT2D eigenvalue weighted by molar-refractivity contribution is -0.137. The fourth-order valence-corrected chi connectivity index (χ4v) is 3.57. The molecule has 2 rings (SSSR count). The van der Waals surface area contributed by atoms with E-state index in [1.807, 2.05) is 6.92 Å². The van der Waals surface area contributed by atoms with Crippen molar-refractivity contribution in [2.75, 3.05) is 7.05 Å². The number of aryl methyl sites for hydroxylation is 1. The van der Waals surface area contributed by atoms with Gasteiger partial charge in [0.1, 0.15) is 5.01 Å². The smallest absolute Gasteiger partial charge is 0.315 e. The van der Waals surface area contributed by atoms with Crippen LogP contribution in [0.4, 0.5) is 13.2 Å². The zero-order chi connectivity index (χ0) is 15.6. The molecular formula is C14H14BrF3N2S. The van der Waals surface area contributed by atoms with E-state index in [-0.39, 0.29) is 5.56 Å². The van der Waals surface area contributed by atoms with Crippen LogP contribution in [0.2, 0.25) is 0 Å². The fourth-order valence-electron chi connectivity index (χ4n) is 2.01. The second kappa shape index (κ2) is 6.46. The molecule has 0 atom stereocenters. The first-order valence-corrected chi connectivity index (χ1v) is 7.98. The van der Waals surface area contributed by atoms with Gasteiger partial charge in [-0.05, 0) is 25.6 Å². The third kappa shape index (κ3) is 3.64. The molecule has 0 spiro atoms. The van der Waals surface area contributed by atoms with Gasteiger partial charge in [-0.2, -0.15) is 13.2 Å². The predicted molar refractivity (Wildman–Crippen MR) is 82.4 cm³/mol. The number of thiazole rings is 1. The second-order valence-electron chi connectivity index (χ2n) is 4.46. The largest absolute Gasteiger partial charge is 0.417 e. The minimum atomic E-state index is -4.40. The number of halogens is 4. The Kier molecular flexibility index (Phi) is 5.06. The molecule has 21 heavy (non-hydrogen) atoms. The van der Waals surface area contributed by atoms with Gasteiger partial charge in [-0.1, -0.05) is 28.9 Å². The van der Waals surface area contributed by atoms with Crippen LogP contribution in [0.5, 0.6) is 0 Å². The summed E-state index contributed by atoms with van der Waals surface area (Å²) in [6.07, 6.45) is -3.70. The van der Waals surface area contributed by atoms with Gasteiger partial charge in [0.2, 0.25) is 0 Å². The number of rotatable bonds is 4. The Morgan fingerprint density at radius 1 is 1.33 bits per heavy atom. The van der Waals surface area contributed by atoms with Crippen molar-refractivity contribution in [1.29, 1.82) is 0 Å². The molecule has 1 aromatic carbocycles. The highest BCUT2D eigenvalue weighted by Crippen LogP contribution is 2.40. The van der Waals surface area contributed by atoms with Crippen molar-refractivity contribution in [2.24, 2.45) is 0 Å². The van der Waals surface area contributed by atoms with Crippen molar-refractivity contribution in [3.8, 4) is 10.6 Å². The Hall–Kier alpha value is -0.920. The summed E-state index contributed by atoms with van der Waals surface area (Å²) in [4.78, 5) is 5.36. The molecule has 2 aromatic rings. The molecule has 0 radical (unpaired) electrons. The van der Waals surface area contributed by atoms with Crippen molar-refractivity contribution < 1.29 is 13.2 Å². The van der Waals surface area contributed by atoms with Gasteiger partial charge in [0.15, 0.2) is 0 Å². The van der Waals surface area contributed by atoms with Crippen molar-refractivity contribution in [3.63, 3.8) is 0 Å². The Labute approximate surface area is 133 Å². The maximum Gasteiger partial charge on any atom is 0.417 e. The summed E-state index contributed by atoms with van der Waals surface area (Å²) in [5, 5.41) is 3.43. The van der Waals surface area contributed by atoms with E-state index >= 15 is 0 Å². The second-order valence-corrected chi connectivity index (χ2v) is 6.46. The first-order valence-electron chi connectivity index (χ1n) is 6.37. The summed E-state index contributed by atoms with van der Waals surface area (Å²) in [5.74, 6) is 0. The molecule has 0 unspecified atom stereocenters. The highest BCUT2D eigenvalue weighted by molar-refractivity contribution is 9.10. The van der Waals surface area contributed by atoms with Gasteiger partial charge < -0.3 is 5.32 Å². The molecule has 114 valence electrons. The zero-order valence-electron chi connectivity index (χ0n) is 11.5. The van der Waals surface area contributed by atoms with Crippen molar-refractivity contribution in [2.45, 2.75) is 26.1 Å². The molecule has 1 aromatic heterocycles. The topological polar surface area (TPSA) is 24.9 Å². The standard InChI is InChI=1S/C14H14BrF3N2S/c1-3-11-12(7-19-2)21-13(20-11)9-5-4-8(15)6-10(9)14(16,17)18/h4-6,19H,3,7H2,1-2H3. The van der Waals surface area contributed by atoms with E-state index in [4.69, 9.17) is 0 Å². The van der Waals surface area contributed by atoms with Crippen molar-refractivity contribution in [1.82, 2.24) is 10.3 Å². The Bertz CT molecular complexity index is 638. The molecule has 0 aliphatic rings. The first-order chi connectivity index (χ1) is 9.86. The van der Waals surface area contributed by atoms with Crippen LogP contribution in [-0.2, 0) is 19.1 Å². The summed E-state index contributed by atoms with van der Waals surface area (Å²) in [5.41, 5.74) is 0.317. The van der Waals surface area contributed by atoms with Gasteiger partial charge in [-0.15, -0.1) is 11.3 Å². The number of benzene rings is 1. The molecule has 7 heteroatoms. The van der Waals surface area contributed by atoms with Crippen LogP contribution < -0.4 is 5.32 Å². The molecule has 0 aliphatic heterocycles. The van der Waals surface area contributed by atoms with Crippen molar-refractivity contribution >= 4 is 27.3 Å². The van der Waals surface area contributed by atoms with Crippen LogP contribution in [0.3, 0.4) is 0 Å². The van der Waals surface area contributed by atoms with E-state index in [0.717, 1.165) is 16.6 Å². The van der Waals surface area contributed by atoms with E-state index < -0.39 is 11.7 Å². The zero-order valence-corrected chi connectivity index (χ0v) is 13.9. The van der Waals surface area contributed by atoms with E-state index in [1.165, 1.54) is 17.4 Å². The monoisotopic (exact) mass is 378 g/mol. The van der Waals surface area contributed by atoms with Crippen LogP contribution in [0.15, 0.2) is 22.7 Å². The highest BCUT2D eigenvalue weighted by atomic mass is 79.9. The Morgan fingerprint density at radius 3 is 2.62 bits per heavy atom. The molecule has 0 amide bonds. The molecule has 0 aliphatic carbocycles. The first kappa shape index (κ1) is 16.5. The minimum absolute atomic E-state index is 0.132. The summed E-state index contributed by atoms with van der Waals surface area (Å²) in [6, 6.07) is 4.17. The molecule has 1 heterocycles. The molecule has 1 N–H and O–H groups in total. The Balaban J connectivity index is 2.56. The molecule has 0 saturated carbocycles. The number of nitrogens with zero attached hydrogens (tertiary/aromatic N) is 1. The Morgan fingerprint density at radius 2 is 2.05 bits per heavy atom. The lowest BCUT2D eigenvalue weighted by atomic mass is 10.1. The van der Waals surface area contributed by atoms with Crippen LogP contribution in [0.1, 0.15) is 23.1 Å². The number of alkyl halides is 3. The maximum absolute atomic E-state index is 13.2. The molecule has 0 bridgehead atoms. The maximum atomic E-state index is 13.2. The summed E-state index contributed by atoms with van der Waals surface area (Å²) in [7, 11) is 1.81. The van der Waals surface area contributed by atoms with Crippen LogP contribution >= 0.6 is 27.3 Å². The summed E-state index contributed by atoms with van der Waals surface area (Å²) >= 11 is 4.40. The normalized spacial score (nSPS) is 11.9. The molecule has 0 fully saturated rings. The number of aromatic nitrogens is 1. The van der Waals surface area contributed by atoms with Gasteiger partial charge in [0.25, 0.3) is 0 Å². The van der Waals surface area contributed by atoms with Gasteiger partial charge in [-0.25, -0.2) is 4.98 Å². The minimum Gasteiger partial charge on any atom is -0.315 e. The number of hydrogen-bond donors (Lipinski definition) is 1. The third-order valence-corrected chi connectivity index (χ3v) is 4.59. The average molecular weight is 379 g/mol. The highest BCUT2D eigenvalue weighted by Gasteiger charge is 2.34. The van der Waals surface area contributed by atoms with Gasteiger partial charge in [-0.3, -0.25) is 0 Å². The summed E-state index contributed by atoms with van der Waals surface area (Å²) < 4.78 is 40.0. The number of nitrogens with one attached hydrogen (secondary N) is 1. The van der Waals surface area contributed by atoms with Gasteiger partial charge in [0.05, 0.1) is 11.3 Å². The van der Waals surface area contributed by atoms with E-state index in [0.29, 0.717) is 22.4 Å². The average Bonchev–Trinajstić information content (AvgIpc) is 2.81. The van der Waals surface area contributed by atoms with Crippen molar-refractivity contribution in [3.05, 3.63) is 38.8 Å². The van der Waals surface area contributed by atoms with Crippen LogP contribution in [-0.4, -0.2) is 12.0 Å². The van der Waals surface area contributed by atoms with E-state index in [1.54, 1.807) is 13.1 Å². The van der Waals surface area contributed by atoms with Gasteiger partial charge >= 0.3 is 6.18 Å². The van der Waals surface area contributed by atoms with Gasteiger partial charge in [0, 0.05) is 21.5 Å². The van der Waals surface area contributed by atoms with Crippen LogP contribution in [0.25, 0.3) is 10.6 Å². The third-order valence-electron chi connectivity index (χ3n) is 2.97. The lowest BCUT2D eigenvalue weighted by Crippen LogP contribution is -2.07. The SMILES string of the molecule is CCc1nc(-c2ccc(Br)cc2C(F)(F)F)sc1CNC. The lowest BCUT2D eigenvalue weighted by Gasteiger charge is -2.11. The summed E-state index contributed by atoms with van der Waals surface area (Å²) in [6.45, 7) is 2.56. The van der Waals surface area contributed by atoms with Crippen LogP contribution in [0, 0.1) is 0 Å². The molecule has 0 saturated heterocycles. The molecular weight excluding hydrogens is 365 g/mol.